The van der Waals surface area contributed by atoms with Gasteiger partial charge < -0.3 is 4.74 Å². The highest BCUT2D eigenvalue weighted by Crippen LogP contribution is 2.39. The molecule has 0 amide bonds. The fourth-order valence-electron chi connectivity index (χ4n) is 1.79. The van der Waals surface area contributed by atoms with E-state index in [1.54, 1.807) is 6.07 Å². The molecular formula is C14H8BrCl2F3O. The molecule has 0 heterocycles. The van der Waals surface area contributed by atoms with Crippen LogP contribution >= 0.6 is 39.1 Å². The Balaban J connectivity index is 2.45. The molecule has 1 nitrogen and oxygen atoms in total. The third kappa shape index (κ3) is 3.84. The van der Waals surface area contributed by atoms with Crippen molar-refractivity contribution >= 4 is 39.1 Å². The van der Waals surface area contributed by atoms with Gasteiger partial charge in [-0.25, -0.2) is 4.39 Å². The molecule has 0 aliphatic rings. The molecule has 21 heavy (non-hydrogen) atoms. The van der Waals surface area contributed by atoms with Gasteiger partial charge in [0, 0.05) is 15.6 Å². The van der Waals surface area contributed by atoms with Crippen molar-refractivity contribution in [3.8, 4) is 5.75 Å². The molecule has 2 aromatic rings. The molecule has 0 aliphatic carbocycles. The van der Waals surface area contributed by atoms with Crippen LogP contribution in [0.5, 0.6) is 5.75 Å². The van der Waals surface area contributed by atoms with Gasteiger partial charge in [0.2, 0.25) is 0 Å². The van der Waals surface area contributed by atoms with Gasteiger partial charge >= 0.3 is 6.61 Å². The van der Waals surface area contributed by atoms with Crippen molar-refractivity contribution in [3.05, 3.63) is 62.8 Å². The number of hydrogen-bond acceptors (Lipinski definition) is 1. The zero-order chi connectivity index (χ0) is 15.6. The number of hydrogen-bond donors (Lipinski definition) is 0. The van der Waals surface area contributed by atoms with E-state index in [1.807, 2.05) is 0 Å². The molecule has 0 N–H and O–H groups in total. The first-order chi connectivity index (χ1) is 9.90. The summed E-state index contributed by atoms with van der Waals surface area (Å²) < 4.78 is 43.6. The predicted molar refractivity (Wildman–Crippen MR) is 79.9 cm³/mol. The summed E-state index contributed by atoms with van der Waals surface area (Å²) in [6, 6.07) is 8.47. The van der Waals surface area contributed by atoms with Crippen molar-refractivity contribution in [1.29, 1.82) is 0 Å². The lowest BCUT2D eigenvalue weighted by Crippen LogP contribution is -2.06. The van der Waals surface area contributed by atoms with Crippen LogP contribution in [0, 0.1) is 5.82 Å². The van der Waals surface area contributed by atoms with Gasteiger partial charge in [0.15, 0.2) is 0 Å². The first-order valence-corrected chi connectivity index (χ1v) is 7.33. The summed E-state index contributed by atoms with van der Waals surface area (Å²) in [5.41, 5.74) is 0.312. The van der Waals surface area contributed by atoms with Gasteiger partial charge in [-0.05, 0) is 34.1 Å². The Kier molecular flexibility index (Phi) is 5.41. The van der Waals surface area contributed by atoms with Crippen LogP contribution in [0.1, 0.15) is 16.5 Å². The van der Waals surface area contributed by atoms with Crippen molar-refractivity contribution in [3.63, 3.8) is 0 Å². The Bertz CT molecular complexity index is 652. The SMILES string of the molecule is Fc1cc(Br)c(Cl)cc1C(Cl)c1ccccc1OC(F)F. The molecule has 0 aromatic heterocycles. The third-order valence-electron chi connectivity index (χ3n) is 2.72. The minimum absolute atomic E-state index is 0.0789. The minimum Gasteiger partial charge on any atom is -0.434 e. The van der Waals surface area contributed by atoms with Crippen LogP contribution in [-0.4, -0.2) is 6.61 Å². The van der Waals surface area contributed by atoms with Crippen molar-refractivity contribution in [2.75, 3.05) is 0 Å². The smallest absolute Gasteiger partial charge is 0.387 e. The summed E-state index contributed by atoms with van der Waals surface area (Å²) in [5, 5.41) is -0.741. The maximum absolute atomic E-state index is 14.0. The van der Waals surface area contributed by atoms with Crippen LogP contribution in [-0.2, 0) is 0 Å². The number of rotatable bonds is 4. The number of ether oxygens (including phenoxy) is 1. The van der Waals surface area contributed by atoms with E-state index in [1.165, 1.54) is 30.3 Å². The third-order valence-corrected chi connectivity index (χ3v) is 4.39. The number of para-hydroxylation sites is 1. The molecule has 2 rings (SSSR count). The topological polar surface area (TPSA) is 9.23 Å². The Morgan fingerprint density at radius 3 is 2.43 bits per heavy atom. The second-order valence-corrected chi connectivity index (χ2v) is 5.76. The normalized spacial score (nSPS) is 12.5. The standard InChI is InChI=1S/C14H8BrCl2F3O/c15-9-6-11(18)8(5-10(9)16)13(17)7-3-1-2-4-12(7)21-14(19)20/h1-6,13-14H. The summed E-state index contributed by atoms with van der Waals surface area (Å²) in [4.78, 5) is 0. The molecule has 0 radical (unpaired) electrons. The highest BCUT2D eigenvalue weighted by Gasteiger charge is 2.21. The number of alkyl halides is 3. The molecule has 0 saturated heterocycles. The van der Waals surface area contributed by atoms with Crippen LogP contribution in [0.15, 0.2) is 40.9 Å². The molecule has 1 atom stereocenters. The summed E-state index contributed by atoms with van der Waals surface area (Å²) in [6.45, 7) is -2.99. The van der Waals surface area contributed by atoms with Gasteiger partial charge in [-0.3, -0.25) is 0 Å². The van der Waals surface area contributed by atoms with Crippen molar-refractivity contribution in [1.82, 2.24) is 0 Å². The molecule has 112 valence electrons. The van der Waals surface area contributed by atoms with Crippen molar-refractivity contribution in [2.24, 2.45) is 0 Å². The first-order valence-electron chi connectivity index (χ1n) is 5.72. The highest BCUT2D eigenvalue weighted by molar-refractivity contribution is 9.10. The second-order valence-electron chi connectivity index (χ2n) is 4.07. The van der Waals surface area contributed by atoms with Gasteiger partial charge in [0.05, 0.1) is 10.4 Å². The molecule has 0 aliphatic heterocycles. The lowest BCUT2D eigenvalue weighted by Gasteiger charge is -2.16. The molecular weight excluding hydrogens is 392 g/mol. The quantitative estimate of drug-likeness (QED) is 0.441. The molecule has 0 fully saturated rings. The van der Waals surface area contributed by atoms with Gasteiger partial charge in [0.25, 0.3) is 0 Å². The average molecular weight is 400 g/mol. The van der Waals surface area contributed by atoms with Gasteiger partial charge in [0.1, 0.15) is 11.6 Å². The van der Waals surface area contributed by atoms with Crippen LogP contribution in [0.4, 0.5) is 13.2 Å². The summed E-state index contributed by atoms with van der Waals surface area (Å²) in [6.07, 6.45) is 0. The zero-order valence-corrected chi connectivity index (χ0v) is 13.4. The fraction of sp³-hybridized carbons (Fsp3) is 0.143. The summed E-state index contributed by atoms with van der Waals surface area (Å²) in [5.74, 6) is -0.705. The van der Waals surface area contributed by atoms with E-state index in [2.05, 4.69) is 20.7 Å². The van der Waals surface area contributed by atoms with Gasteiger partial charge in [-0.15, -0.1) is 11.6 Å². The fourth-order valence-corrected chi connectivity index (χ4v) is 2.63. The largest absolute Gasteiger partial charge is 0.434 e. The minimum atomic E-state index is -2.99. The lowest BCUT2D eigenvalue weighted by molar-refractivity contribution is -0.0504. The lowest BCUT2D eigenvalue weighted by atomic mass is 10.0. The molecule has 7 heteroatoms. The molecule has 2 aromatic carbocycles. The Hall–Kier alpha value is -0.910. The van der Waals surface area contributed by atoms with E-state index in [0.29, 0.717) is 4.47 Å². The van der Waals surface area contributed by atoms with E-state index in [4.69, 9.17) is 23.2 Å². The van der Waals surface area contributed by atoms with Crippen LogP contribution in [0.2, 0.25) is 5.02 Å². The zero-order valence-electron chi connectivity index (χ0n) is 10.3. The molecule has 1 unspecified atom stereocenters. The van der Waals surface area contributed by atoms with Crippen LogP contribution in [0.3, 0.4) is 0 Å². The van der Waals surface area contributed by atoms with E-state index < -0.39 is 17.8 Å². The molecule has 0 spiro atoms. The first kappa shape index (κ1) is 16.5. The van der Waals surface area contributed by atoms with Gasteiger partial charge in [-0.1, -0.05) is 29.8 Å². The Morgan fingerprint density at radius 2 is 1.76 bits per heavy atom. The van der Waals surface area contributed by atoms with Crippen molar-refractivity contribution in [2.45, 2.75) is 12.0 Å². The predicted octanol–water partition coefficient (Wildman–Crippen LogP) is 6.17. The summed E-state index contributed by atoms with van der Waals surface area (Å²) in [7, 11) is 0. The van der Waals surface area contributed by atoms with Crippen LogP contribution in [0.25, 0.3) is 0 Å². The Labute approximate surface area is 137 Å². The maximum atomic E-state index is 14.0. The van der Waals surface area contributed by atoms with Crippen molar-refractivity contribution < 1.29 is 17.9 Å². The molecule has 0 bridgehead atoms. The Morgan fingerprint density at radius 1 is 1.10 bits per heavy atom. The van der Waals surface area contributed by atoms with E-state index >= 15 is 0 Å². The van der Waals surface area contributed by atoms with Gasteiger partial charge in [-0.2, -0.15) is 8.78 Å². The van der Waals surface area contributed by atoms with E-state index in [0.717, 1.165) is 0 Å². The number of halogens is 6. The molecule has 0 saturated carbocycles. The monoisotopic (exact) mass is 398 g/mol. The second kappa shape index (κ2) is 6.90. The van der Waals surface area contributed by atoms with E-state index in [-0.39, 0.29) is 21.9 Å². The number of benzene rings is 2. The average Bonchev–Trinajstić information content (AvgIpc) is 2.42. The highest BCUT2D eigenvalue weighted by atomic mass is 79.9. The van der Waals surface area contributed by atoms with E-state index in [9.17, 15) is 13.2 Å². The summed E-state index contributed by atoms with van der Waals surface area (Å²) >= 11 is 15.2. The van der Waals surface area contributed by atoms with Crippen LogP contribution < -0.4 is 4.74 Å². The maximum Gasteiger partial charge on any atom is 0.387 e.